The standard InChI is InChI=1S/C16H19NO/c1-10-4-6-14(11(2)8-10)16(18)13-5-7-15(17)12(3)9-13/h4-9,16,18H,17H2,1-3H3. The van der Waals surface area contributed by atoms with Gasteiger partial charge in [-0.2, -0.15) is 0 Å². The van der Waals surface area contributed by atoms with Gasteiger partial charge in [0.1, 0.15) is 6.10 Å². The molecule has 0 saturated carbocycles. The van der Waals surface area contributed by atoms with E-state index in [4.69, 9.17) is 5.73 Å². The molecular weight excluding hydrogens is 222 g/mol. The minimum atomic E-state index is -0.593. The Kier molecular flexibility index (Phi) is 3.39. The summed E-state index contributed by atoms with van der Waals surface area (Å²) < 4.78 is 0. The molecule has 0 bridgehead atoms. The molecule has 3 N–H and O–H groups in total. The SMILES string of the molecule is Cc1ccc(C(O)c2ccc(N)c(C)c2)c(C)c1. The number of aryl methyl sites for hydroxylation is 3. The Morgan fingerprint density at radius 3 is 2.28 bits per heavy atom. The maximum absolute atomic E-state index is 10.4. The number of hydrogen-bond acceptors (Lipinski definition) is 2. The molecule has 2 aromatic carbocycles. The smallest absolute Gasteiger partial charge is 0.104 e. The molecule has 0 spiro atoms. The first kappa shape index (κ1) is 12.7. The van der Waals surface area contributed by atoms with E-state index in [1.807, 2.05) is 44.2 Å². The monoisotopic (exact) mass is 241 g/mol. The first-order valence-corrected chi connectivity index (χ1v) is 6.10. The van der Waals surface area contributed by atoms with E-state index >= 15 is 0 Å². The summed E-state index contributed by atoms with van der Waals surface area (Å²) in [5.41, 5.74) is 11.7. The van der Waals surface area contributed by atoms with Gasteiger partial charge in [-0.1, -0.05) is 35.9 Å². The van der Waals surface area contributed by atoms with E-state index in [1.54, 1.807) is 0 Å². The maximum atomic E-state index is 10.4. The largest absolute Gasteiger partial charge is 0.399 e. The molecule has 0 saturated heterocycles. The van der Waals surface area contributed by atoms with Crippen molar-refractivity contribution in [3.05, 3.63) is 64.2 Å². The van der Waals surface area contributed by atoms with Crippen LogP contribution in [0.1, 0.15) is 33.9 Å². The minimum absolute atomic E-state index is 0.593. The normalized spacial score (nSPS) is 12.4. The number of rotatable bonds is 2. The molecule has 0 aliphatic carbocycles. The Morgan fingerprint density at radius 2 is 1.67 bits per heavy atom. The van der Waals surface area contributed by atoms with Crippen molar-refractivity contribution in [2.75, 3.05) is 5.73 Å². The highest BCUT2D eigenvalue weighted by Gasteiger charge is 2.13. The van der Waals surface area contributed by atoms with E-state index < -0.39 is 6.10 Å². The van der Waals surface area contributed by atoms with Crippen LogP contribution in [0.2, 0.25) is 0 Å². The molecule has 94 valence electrons. The summed E-state index contributed by atoms with van der Waals surface area (Å²) in [7, 11) is 0. The minimum Gasteiger partial charge on any atom is -0.399 e. The lowest BCUT2D eigenvalue weighted by molar-refractivity contribution is 0.219. The average molecular weight is 241 g/mol. The van der Waals surface area contributed by atoms with Gasteiger partial charge < -0.3 is 10.8 Å². The summed E-state index contributed by atoms with van der Waals surface area (Å²) in [6.45, 7) is 6.03. The highest BCUT2D eigenvalue weighted by atomic mass is 16.3. The lowest BCUT2D eigenvalue weighted by Gasteiger charge is -2.16. The molecule has 0 aliphatic rings. The van der Waals surface area contributed by atoms with Gasteiger partial charge in [-0.05, 0) is 49.1 Å². The van der Waals surface area contributed by atoms with Gasteiger partial charge in [0.2, 0.25) is 0 Å². The predicted molar refractivity (Wildman–Crippen MR) is 75.6 cm³/mol. The van der Waals surface area contributed by atoms with Crippen molar-refractivity contribution >= 4 is 5.69 Å². The van der Waals surface area contributed by atoms with Gasteiger partial charge >= 0.3 is 0 Å². The fourth-order valence-corrected chi connectivity index (χ4v) is 2.18. The zero-order valence-electron chi connectivity index (χ0n) is 11.1. The number of aliphatic hydroxyl groups excluding tert-OH is 1. The van der Waals surface area contributed by atoms with Crippen molar-refractivity contribution in [3.63, 3.8) is 0 Å². The number of hydrogen-bond donors (Lipinski definition) is 2. The van der Waals surface area contributed by atoms with Crippen molar-refractivity contribution in [2.24, 2.45) is 0 Å². The molecule has 0 radical (unpaired) electrons. The summed E-state index contributed by atoms with van der Waals surface area (Å²) >= 11 is 0. The zero-order valence-corrected chi connectivity index (χ0v) is 11.1. The van der Waals surface area contributed by atoms with Gasteiger partial charge in [-0.25, -0.2) is 0 Å². The van der Waals surface area contributed by atoms with E-state index in [2.05, 4.69) is 13.0 Å². The van der Waals surface area contributed by atoms with Crippen molar-refractivity contribution in [3.8, 4) is 0 Å². The van der Waals surface area contributed by atoms with Gasteiger partial charge in [0.25, 0.3) is 0 Å². The molecular formula is C16H19NO. The molecule has 0 heterocycles. The summed E-state index contributed by atoms with van der Waals surface area (Å²) in [4.78, 5) is 0. The molecule has 0 aliphatic heterocycles. The molecule has 2 rings (SSSR count). The molecule has 2 nitrogen and oxygen atoms in total. The quantitative estimate of drug-likeness (QED) is 0.793. The molecule has 0 aromatic heterocycles. The van der Waals surface area contributed by atoms with Crippen LogP contribution in [0.3, 0.4) is 0 Å². The van der Waals surface area contributed by atoms with E-state index in [9.17, 15) is 5.11 Å². The summed E-state index contributed by atoms with van der Waals surface area (Å²) in [6.07, 6.45) is -0.593. The maximum Gasteiger partial charge on any atom is 0.104 e. The highest BCUT2D eigenvalue weighted by Crippen LogP contribution is 2.27. The van der Waals surface area contributed by atoms with E-state index in [-0.39, 0.29) is 0 Å². The highest BCUT2D eigenvalue weighted by molar-refractivity contribution is 5.49. The van der Waals surface area contributed by atoms with E-state index in [0.29, 0.717) is 0 Å². The lowest BCUT2D eigenvalue weighted by atomic mass is 9.95. The van der Waals surface area contributed by atoms with Crippen LogP contribution < -0.4 is 5.73 Å². The number of aliphatic hydroxyl groups is 1. The number of anilines is 1. The van der Waals surface area contributed by atoms with Crippen LogP contribution in [-0.2, 0) is 0 Å². The van der Waals surface area contributed by atoms with E-state index in [1.165, 1.54) is 5.56 Å². The summed E-state index contributed by atoms with van der Waals surface area (Å²) in [5, 5.41) is 10.4. The van der Waals surface area contributed by atoms with Gasteiger partial charge in [0, 0.05) is 5.69 Å². The molecule has 1 unspecified atom stereocenters. The Bertz CT molecular complexity index is 575. The van der Waals surface area contributed by atoms with Crippen molar-refractivity contribution < 1.29 is 5.11 Å². The second kappa shape index (κ2) is 4.83. The number of nitrogen functional groups attached to an aromatic ring is 1. The fourth-order valence-electron chi connectivity index (χ4n) is 2.18. The Balaban J connectivity index is 2.41. The molecule has 1 atom stereocenters. The summed E-state index contributed by atoms with van der Waals surface area (Å²) in [5.74, 6) is 0. The Hall–Kier alpha value is -1.80. The van der Waals surface area contributed by atoms with Crippen molar-refractivity contribution in [1.29, 1.82) is 0 Å². The van der Waals surface area contributed by atoms with Crippen LogP contribution in [0, 0.1) is 20.8 Å². The topological polar surface area (TPSA) is 46.2 Å². The third-order valence-corrected chi connectivity index (χ3v) is 3.33. The number of nitrogens with two attached hydrogens (primary N) is 1. The van der Waals surface area contributed by atoms with Crippen LogP contribution in [0.15, 0.2) is 36.4 Å². The van der Waals surface area contributed by atoms with Crippen molar-refractivity contribution in [1.82, 2.24) is 0 Å². The van der Waals surface area contributed by atoms with Crippen LogP contribution >= 0.6 is 0 Å². The van der Waals surface area contributed by atoms with Crippen LogP contribution in [-0.4, -0.2) is 5.11 Å². The van der Waals surface area contributed by atoms with Gasteiger partial charge in [0.15, 0.2) is 0 Å². The fraction of sp³-hybridized carbons (Fsp3) is 0.250. The molecule has 2 heteroatoms. The number of benzene rings is 2. The first-order valence-electron chi connectivity index (χ1n) is 6.10. The third kappa shape index (κ3) is 2.39. The first-order chi connectivity index (χ1) is 8.49. The average Bonchev–Trinajstić information content (AvgIpc) is 2.32. The Morgan fingerprint density at radius 1 is 0.944 bits per heavy atom. The van der Waals surface area contributed by atoms with Crippen LogP contribution in [0.4, 0.5) is 5.69 Å². The molecule has 18 heavy (non-hydrogen) atoms. The molecule has 2 aromatic rings. The lowest BCUT2D eigenvalue weighted by Crippen LogP contribution is -2.03. The van der Waals surface area contributed by atoms with Gasteiger partial charge in [-0.3, -0.25) is 0 Å². The molecule has 0 fully saturated rings. The van der Waals surface area contributed by atoms with Gasteiger partial charge in [-0.15, -0.1) is 0 Å². The van der Waals surface area contributed by atoms with E-state index in [0.717, 1.165) is 27.9 Å². The predicted octanol–water partition coefficient (Wildman–Crippen LogP) is 3.28. The summed E-state index contributed by atoms with van der Waals surface area (Å²) in [6, 6.07) is 11.8. The molecule has 0 amide bonds. The Labute approximate surface area is 108 Å². The van der Waals surface area contributed by atoms with Crippen molar-refractivity contribution in [2.45, 2.75) is 26.9 Å². The second-order valence-corrected chi connectivity index (χ2v) is 4.88. The van der Waals surface area contributed by atoms with Gasteiger partial charge in [0.05, 0.1) is 0 Å². The van der Waals surface area contributed by atoms with Crippen LogP contribution in [0.25, 0.3) is 0 Å². The van der Waals surface area contributed by atoms with Crippen LogP contribution in [0.5, 0.6) is 0 Å². The zero-order chi connectivity index (χ0) is 13.3. The third-order valence-electron chi connectivity index (χ3n) is 3.33. The second-order valence-electron chi connectivity index (χ2n) is 4.88.